The van der Waals surface area contributed by atoms with Gasteiger partial charge in [0, 0.05) is 18.2 Å². The Morgan fingerprint density at radius 1 is 1.19 bits per heavy atom. The molecule has 2 rings (SSSR count). The maximum atomic E-state index is 12.8. The number of halogens is 3. The summed E-state index contributed by atoms with van der Waals surface area (Å²) in [7, 11) is 0. The van der Waals surface area contributed by atoms with E-state index in [0.29, 0.717) is 12.6 Å². The number of H-pyrrole nitrogens is 1. The number of nitrogens with one attached hydrogen (secondary N) is 1. The lowest BCUT2D eigenvalue weighted by atomic mass is 10.0. The number of aromatic amines is 1. The molecule has 0 aliphatic heterocycles. The molecule has 0 saturated heterocycles. The van der Waals surface area contributed by atoms with Crippen LogP contribution in [0.1, 0.15) is 32.0 Å². The fourth-order valence-electron chi connectivity index (χ4n) is 2.32. The number of aromatic nitrogens is 2. The van der Waals surface area contributed by atoms with Crippen LogP contribution in [0, 0.1) is 0 Å². The Morgan fingerprint density at radius 2 is 1.81 bits per heavy atom. The quantitative estimate of drug-likeness (QED) is 0.615. The highest BCUT2D eigenvalue weighted by Gasteiger charge is 2.33. The maximum Gasteiger partial charge on any atom is 0.433 e. The van der Waals surface area contributed by atoms with Crippen LogP contribution in [-0.4, -0.2) is 32.1 Å². The van der Waals surface area contributed by atoms with E-state index in [9.17, 15) is 22.8 Å². The summed E-state index contributed by atoms with van der Waals surface area (Å²) in [6, 6.07) is 9.79. The molecule has 0 spiro atoms. The number of nitrogens with zero attached hydrogens (tertiary/aromatic N) is 2. The maximum absolute atomic E-state index is 12.8. The summed E-state index contributed by atoms with van der Waals surface area (Å²) in [4.78, 5) is 31.4. The Morgan fingerprint density at radius 3 is 2.37 bits per heavy atom. The number of rotatable bonds is 5. The predicted octanol–water partition coefficient (Wildman–Crippen LogP) is 3.71. The van der Waals surface area contributed by atoms with E-state index in [0.717, 1.165) is 17.3 Å². The van der Waals surface area contributed by atoms with Crippen molar-refractivity contribution in [3.8, 4) is 0 Å². The lowest BCUT2D eigenvalue weighted by Crippen LogP contribution is -2.46. The average molecular weight is 399 g/mol. The summed E-state index contributed by atoms with van der Waals surface area (Å²) in [5.41, 5.74) is -1.74. The van der Waals surface area contributed by atoms with Gasteiger partial charge in [-0.1, -0.05) is 42.1 Å². The molecule has 1 amide bonds. The van der Waals surface area contributed by atoms with Crippen molar-refractivity contribution in [3.63, 3.8) is 0 Å². The van der Waals surface area contributed by atoms with E-state index in [1.165, 1.54) is 0 Å². The van der Waals surface area contributed by atoms with E-state index < -0.39 is 23.0 Å². The van der Waals surface area contributed by atoms with Crippen molar-refractivity contribution >= 4 is 17.7 Å². The van der Waals surface area contributed by atoms with Crippen LogP contribution in [0.2, 0.25) is 0 Å². The molecule has 0 fully saturated rings. The molecule has 0 radical (unpaired) electrons. The molecular weight excluding hydrogens is 379 g/mol. The van der Waals surface area contributed by atoms with Gasteiger partial charge in [0.15, 0.2) is 10.9 Å². The first kappa shape index (κ1) is 21.0. The van der Waals surface area contributed by atoms with Crippen LogP contribution in [-0.2, 0) is 17.5 Å². The first-order valence-corrected chi connectivity index (χ1v) is 9.11. The van der Waals surface area contributed by atoms with E-state index in [1.807, 2.05) is 51.1 Å². The number of benzene rings is 1. The van der Waals surface area contributed by atoms with Gasteiger partial charge in [-0.3, -0.25) is 9.59 Å². The van der Waals surface area contributed by atoms with Crippen LogP contribution in [0.4, 0.5) is 13.2 Å². The van der Waals surface area contributed by atoms with Gasteiger partial charge >= 0.3 is 6.18 Å². The third kappa shape index (κ3) is 6.13. The number of thioether (sulfide) groups is 1. The fourth-order valence-corrected chi connectivity index (χ4v) is 3.07. The normalized spacial score (nSPS) is 12.1. The zero-order valence-electron chi connectivity index (χ0n) is 15.1. The number of amides is 1. The van der Waals surface area contributed by atoms with E-state index in [2.05, 4.69) is 9.97 Å². The van der Waals surface area contributed by atoms with Gasteiger partial charge in [-0.2, -0.15) is 13.2 Å². The predicted molar refractivity (Wildman–Crippen MR) is 97.3 cm³/mol. The molecule has 0 atom stereocenters. The number of hydrogen-bond donors (Lipinski definition) is 1. The van der Waals surface area contributed by atoms with Gasteiger partial charge < -0.3 is 9.88 Å². The van der Waals surface area contributed by atoms with Crippen molar-refractivity contribution in [1.82, 2.24) is 14.9 Å². The Balaban J connectivity index is 2.14. The van der Waals surface area contributed by atoms with E-state index in [-0.39, 0.29) is 16.8 Å². The van der Waals surface area contributed by atoms with Crippen molar-refractivity contribution in [2.45, 2.75) is 44.2 Å². The molecule has 0 aliphatic rings. The highest BCUT2D eigenvalue weighted by molar-refractivity contribution is 7.99. The zero-order chi connectivity index (χ0) is 20.2. The van der Waals surface area contributed by atoms with Gasteiger partial charge in [0.1, 0.15) is 0 Å². The summed E-state index contributed by atoms with van der Waals surface area (Å²) in [6.45, 7) is 6.00. The molecule has 1 aromatic carbocycles. The van der Waals surface area contributed by atoms with E-state index in [1.54, 1.807) is 4.90 Å². The molecule has 0 saturated carbocycles. The highest BCUT2D eigenvalue weighted by atomic mass is 32.2. The number of carbonyl (C=O) groups excluding carboxylic acids is 1. The molecule has 0 unspecified atom stereocenters. The zero-order valence-corrected chi connectivity index (χ0v) is 15.9. The van der Waals surface area contributed by atoms with Gasteiger partial charge in [-0.25, -0.2) is 4.98 Å². The molecular formula is C18H20F3N3O2S. The fraction of sp³-hybridized carbons (Fsp3) is 0.389. The summed E-state index contributed by atoms with van der Waals surface area (Å²) < 4.78 is 38.3. The molecule has 2 aromatic rings. The molecule has 146 valence electrons. The van der Waals surface area contributed by atoms with Crippen molar-refractivity contribution in [2.75, 3.05) is 5.75 Å². The molecule has 5 nitrogen and oxygen atoms in total. The second-order valence-electron chi connectivity index (χ2n) is 6.86. The van der Waals surface area contributed by atoms with Gasteiger partial charge in [-0.05, 0) is 26.3 Å². The Bertz CT molecular complexity index is 845. The Labute approximate surface area is 159 Å². The van der Waals surface area contributed by atoms with Crippen LogP contribution in [0.25, 0.3) is 0 Å². The molecule has 1 N–H and O–H groups in total. The van der Waals surface area contributed by atoms with E-state index >= 15 is 0 Å². The number of hydrogen-bond acceptors (Lipinski definition) is 4. The number of carbonyl (C=O) groups is 1. The largest absolute Gasteiger partial charge is 0.433 e. The summed E-state index contributed by atoms with van der Waals surface area (Å²) in [5, 5.41) is -0.239. The summed E-state index contributed by atoms with van der Waals surface area (Å²) in [5.74, 6) is -0.412. The minimum absolute atomic E-state index is 0.144. The van der Waals surface area contributed by atoms with Crippen LogP contribution < -0.4 is 5.56 Å². The monoisotopic (exact) mass is 399 g/mol. The molecule has 0 bridgehead atoms. The van der Waals surface area contributed by atoms with Gasteiger partial charge in [-0.15, -0.1) is 0 Å². The van der Waals surface area contributed by atoms with Crippen molar-refractivity contribution in [1.29, 1.82) is 0 Å². The number of alkyl halides is 3. The summed E-state index contributed by atoms with van der Waals surface area (Å²) >= 11 is 0.770. The first-order valence-electron chi connectivity index (χ1n) is 8.12. The van der Waals surface area contributed by atoms with Crippen LogP contribution in [0.5, 0.6) is 0 Å². The smallest absolute Gasteiger partial charge is 0.333 e. The third-order valence-electron chi connectivity index (χ3n) is 3.64. The van der Waals surface area contributed by atoms with Gasteiger partial charge in [0.05, 0.1) is 5.75 Å². The topological polar surface area (TPSA) is 66.1 Å². The van der Waals surface area contributed by atoms with Crippen LogP contribution in [0.3, 0.4) is 0 Å². The molecule has 9 heteroatoms. The molecule has 1 aromatic heterocycles. The lowest BCUT2D eigenvalue weighted by Gasteiger charge is -2.36. The van der Waals surface area contributed by atoms with E-state index in [4.69, 9.17) is 0 Å². The lowest BCUT2D eigenvalue weighted by molar-refractivity contribution is -0.141. The van der Waals surface area contributed by atoms with Crippen LogP contribution in [0.15, 0.2) is 46.3 Å². The Hall–Kier alpha value is -2.29. The second kappa shape index (κ2) is 8.16. The third-order valence-corrected chi connectivity index (χ3v) is 4.50. The minimum Gasteiger partial charge on any atom is -0.333 e. The van der Waals surface area contributed by atoms with Gasteiger partial charge in [0.2, 0.25) is 5.91 Å². The second-order valence-corrected chi connectivity index (χ2v) is 7.82. The SMILES string of the molecule is CC(C)(C)N(Cc1ccccc1)C(=O)CSc1nc(C(F)(F)F)cc(=O)[nH]1. The van der Waals surface area contributed by atoms with Crippen molar-refractivity contribution in [3.05, 3.63) is 58.0 Å². The average Bonchev–Trinajstić information content (AvgIpc) is 2.56. The highest BCUT2D eigenvalue weighted by Crippen LogP contribution is 2.28. The van der Waals surface area contributed by atoms with Crippen molar-refractivity contribution in [2.24, 2.45) is 0 Å². The van der Waals surface area contributed by atoms with Crippen molar-refractivity contribution < 1.29 is 18.0 Å². The molecule has 0 aliphatic carbocycles. The van der Waals surface area contributed by atoms with Gasteiger partial charge in [0.25, 0.3) is 5.56 Å². The Kier molecular flexibility index (Phi) is 6.35. The van der Waals surface area contributed by atoms with Crippen LogP contribution >= 0.6 is 11.8 Å². The standard InChI is InChI=1S/C18H20F3N3O2S/c1-17(2,3)24(10-12-7-5-4-6-8-12)15(26)11-27-16-22-13(18(19,20)21)9-14(25)23-16/h4-9H,10-11H2,1-3H3,(H,22,23,25). The molecule has 27 heavy (non-hydrogen) atoms. The first-order chi connectivity index (χ1) is 12.5. The molecule has 1 heterocycles. The minimum atomic E-state index is -4.72. The summed E-state index contributed by atoms with van der Waals surface area (Å²) in [6.07, 6.45) is -4.72.